The number of amides is 1. The van der Waals surface area contributed by atoms with Gasteiger partial charge in [-0.25, -0.2) is 0 Å². The zero-order valence-corrected chi connectivity index (χ0v) is 12.9. The predicted molar refractivity (Wildman–Crippen MR) is 80.8 cm³/mol. The van der Waals surface area contributed by atoms with Crippen molar-refractivity contribution >= 4 is 29.3 Å². The monoisotopic (exact) mass is 351 g/mol. The van der Waals surface area contributed by atoms with Crippen LogP contribution in [0.4, 0.5) is 18.9 Å². The van der Waals surface area contributed by atoms with Crippen molar-refractivity contribution in [3.63, 3.8) is 0 Å². The number of alkyl halides is 3. The maximum Gasteiger partial charge on any atom is 0.397 e. The zero-order valence-electron chi connectivity index (χ0n) is 12.1. The summed E-state index contributed by atoms with van der Waals surface area (Å²) in [5.41, 5.74) is 0.445. The molecule has 0 heterocycles. The van der Waals surface area contributed by atoms with E-state index >= 15 is 0 Å². The number of rotatable bonds is 9. The highest BCUT2D eigenvalue weighted by Gasteiger charge is 2.27. The molecule has 23 heavy (non-hydrogen) atoms. The smallest absolute Gasteiger partial charge is 0.397 e. The van der Waals surface area contributed by atoms with Crippen molar-refractivity contribution in [2.75, 3.05) is 23.4 Å². The molecule has 0 spiro atoms. The van der Waals surface area contributed by atoms with Gasteiger partial charge in [0.05, 0.1) is 18.1 Å². The van der Waals surface area contributed by atoms with E-state index in [9.17, 15) is 22.8 Å². The lowest BCUT2D eigenvalue weighted by Crippen LogP contribution is -2.17. The van der Waals surface area contributed by atoms with Crippen molar-refractivity contribution in [2.45, 2.75) is 19.0 Å². The number of carbonyl (C=O) groups is 2. The Kier molecular flexibility index (Phi) is 7.73. The first-order chi connectivity index (χ1) is 10.8. The topological polar surface area (TPSA) is 75.6 Å². The molecule has 1 rings (SSSR count). The molecular weight excluding hydrogens is 335 g/mol. The van der Waals surface area contributed by atoms with Crippen LogP contribution in [-0.2, 0) is 9.59 Å². The van der Waals surface area contributed by atoms with Crippen molar-refractivity contribution in [3.8, 4) is 5.75 Å². The van der Waals surface area contributed by atoms with Crippen LogP contribution < -0.4 is 10.1 Å². The summed E-state index contributed by atoms with van der Waals surface area (Å²) in [5, 5.41) is 11.0. The summed E-state index contributed by atoms with van der Waals surface area (Å²) in [5.74, 6) is -2.25. The van der Waals surface area contributed by atoms with E-state index in [1.54, 1.807) is 24.3 Å². The Morgan fingerprint density at radius 1 is 1.22 bits per heavy atom. The first-order valence-electron chi connectivity index (χ1n) is 6.65. The number of halogens is 3. The summed E-state index contributed by atoms with van der Waals surface area (Å²) in [7, 11) is 0. The fraction of sp³-hybridized carbons (Fsp3) is 0.429. The molecule has 5 nitrogen and oxygen atoms in total. The fourth-order valence-corrected chi connectivity index (χ4v) is 2.10. The lowest BCUT2D eigenvalue weighted by atomic mass is 10.3. The number of carboxylic acids is 1. The summed E-state index contributed by atoms with van der Waals surface area (Å²) < 4.78 is 41.2. The number of ether oxygens (including phenoxy) is 1. The van der Waals surface area contributed by atoms with Crippen LogP contribution in [0.5, 0.6) is 5.75 Å². The van der Waals surface area contributed by atoms with Gasteiger partial charge in [-0.1, -0.05) is 0 Å². The molecule has 0 aliphatic heterocycles. The highest BCUT2D eigenvalue weighted by molar-refractivity contribution is 8.00. The number of thioether (sulfide) groups is 1. The van der Waals surface area contributed by atoms with Crippen LogP contribution in [0, 0.1) is 0 Å². The lowest BCUT2D eigenvalue weighted by molar-refractivity contribution is -0.137. The third kappa shape index (κ3) is 9.67. The number of hydrogen-bond donors (Lipinski definition) is 2. The minimum absolute atomic E-state index is 0.0176. The molecule has 0 saturated carbocycles. The number of carbonyl (C=O) groups excluding carboxylic acids is 1. The Balaban J connectivity index is 2.30. The van der Waals surface area contributed by atoms with Gasteiger partial charge in [-0.05, 0) is 30.7 Å². The summed E-state index contributed by atoms with van der Waals surface area (Å²) >= 11 is 0.497. The van der Waals surface area contributed by atoms with Crippen molar-refractivity contribution < 1.29 is 32.6 Å². The van der Waals surface area contributed by atoms with E-state index in [2.05, 4.69) is 5.32 Å². The molecule has 1 aromatic carbocycles. The number of benzene rings is 1. The normalized spacial score (nSPS) is 11.1. The molecule has 0 atom stereocenters. The molecule has 1 aromatic rings. The Morgan fingerprint density at radius 2 is 1.87 bits per heavy atom. The molecule has 9 heteroatoms. The third-order valence-corrected chi connectivity index (χ3v) is 3.44. The second kappa shape index (κ2) is 9.29. The number of anilines is 1. The van der Waals surface area contributed by atoms with E-state index in [1.807, 2.05) is 0 Å². The van der Waals surface area contributed by atoms with Gasteiger partial charge in [0, 0.05) is 12.1 Å². The minimum Gasteiger partial charge on any atom is -0.494 e. The summed E-state index contributed by atoms with van der Waals surface area (Å²) in [6.07, 6.45) is -3.89. The number of hydrogen-bond acceptors (Lipinski definition) is 4. The van der Waals surface area contributed by atoms with Crippen LogP contribution in [0.1, 0.15) is 12.8 Å². The van der Waals surface area contributed by atoms with Gasteiger partial charge in [0.25, 0.3) is 0 Å². The van der Waals surface area contributed by atoms with Gasteiger partial charge in [0.1, 0.15) is 5.75 Å². The van der Waals surface area contributed by atoms with E-state index in [1.165, 1.54) is 0 Å². The average Bonchev–Trinajstić information content (AvgIpc) is 2.43. The lowest BCUT2D eigenvalue weighted by Gasteiger charge is -2.08. The summed E-state index contributed by atoms with van der Waals surface area (Å²) in [4.78, 5) is 21.8. The van der Waals surface area contributed by atoms with Gasteiger partial charge in [0.2, 0.25) is 5.91 Å². The third-order valence-electron chi connectivity index (χ3n) is 2.44. The maximum atomic E-state index is 12.0. The van der Waals surface area contributed by atoms with Crippen LogP contribution in [-0.4, -0.2) is 41.3 Å². The molecule has 128 valence electrons. The molecule has 0 aliphatic rings. The molecule has 1 amide bonds. The van der Waals surface area contributed by atoms with Gasteiger partial charge in [-0.15, -0.1) is 11.8 Å². The van der Waals surface area contributed by atoms with Crippen LogP contribution >= 0.6 is 11.8 Å². The number of nitrogens with one attached hydrogen (secondary N) is 1. The van der Waals surface area contributed by atoms with E-state index < -0.39 is 23.8 Å². The van der Waals surface area contributed by atoms with Crippen LogP contribution in [0.15, 0.2) is 24.3 Å². The second-order valence-corrected chi connectivity index (χ2v) is 5.51. The molecule has 0 unspecified atom stereocenters. The van der Waals surface area contributed by atoms with Crippen LogP contribution in [0.25, 0.3) is 0 Å². The van der Waals surface area contributed by atoms with E-state index in [0.29, 0.717) is 29.6 Å². The van der Waals surface area contributed by atoms with Crippen molar-refractivity contribution in [1.82, 2.24) is 0 Å². The van der Waals surface area contributed by atoms with Crippen molar-refractivity contribution in [3.05, 3.63) is 24.3 Å². The highest BCUT2D eigenvalue weighted by atomic mass is 32.2. The quantitative estimate of drug-likeness (QED) is 0.669. The average molecular weight is 351 g/mol. The molecule has 0 saturated heterocycles. The second-order valence-electron chi connectivity index (χ2n) is 4.53. The van der Waals surface area contributed by atoms with Gasteiger partial charge in [-0.2, -0.15) is 13.2 Å². The fourth-order valence-electron chi connectivity index (χ4n) is 1.50. The van der Waals surface area contributed by atoms with Crippen molar-refractivity contribution in [2.24, 2.45) is 0 Å². The largest absolute Gasteiger partial charge is 0.494 e. The highest BCUT2D eigenvalue weighted by Crippen LogP contribution is 2.21. The van der Waals surface area contributed by atoms with Gasteiger partial charge >= 0.3 is 12.1 Å². The Labute approximate surface area is 135 Å². The Bertz CT molecular complexity index is 520. The Hall–Kier alpha value is -1.90. The standard InChI is InChI=1S/C14H16F3NO4S/c15-14(16,17)9-23-8-12(19)18-10-3-5-11(6-4-10)22-7-1-2-13(20)21/h3-6H,1-2,7-9H2,(H,18,19)(H,20,21). The minimum atomic E-state index is -4.29. The van der Waals surface area contributed by atoms with Gasteiger partial charge in [-0.3, -0.25) is 9.59 Å². The Morgan fingerprint density at radius 3 is 2.43 bits per heavy atom. The SMILES string of the molecule is O=C(O)CCCOc1ccc(NC(=O)CSCC(F)(F)F)cc1. The van der Waals surface area contributed by atoms with E-state index in [0.717, 1.165) is 0 Å². The molecule has 0 aliphatic carbocycles. The zero-order chi connectivity index (χ0) is 17.3. The summed E-state index contributed by atoms with van der Waals surface area (Å²) in [6.45, 7) is 0.256. The first kappa shape index (κ1) is 19.1. The van der Waals surface area contributed by atoms with Crippen LogP contribution in [0.3, 0.4) is 0 Å². The number of aliphatic carboxylic acids is 1. The maximum absolute atomic E-state index is 12.0. The van der Waals surface area contributed by atoms with E-state index in [4.69, 9.17) is 9.84 Å². The molecule has 2 N–H and O–H groups in total. The molecular formula is C14H16F3NO4S. The van der Waals surface area contributed by atoms with Crippen molar-refractivity contribution in [1.29, 1.82) is 0 Å². The van der Waals surface area contributed by atoms with E-state index in [-0.39, 0.29) is 18.8 Å². The molecule has 0 aromatic heterocycles. The summed E-state index contributed by atoms with van der Waals surface area (Å²) in [6, 6.07) is 6.27. The molecule has 0 bridgehead atoms. The van der Waals surface area contributed by atoms with Gasteiger partial charge in [0.15, 0.2) is 0 Å². The molecule has 0 radical (unpaired) electrons. The van der Waals surface area contributed by atoms with Gasteiger partial charge < -0.3 is 15.2 Å². The molecule has 0 fully saturated rings. The first-order valence-corrected chi connectivity index (χ1v) is 7.81. The predicted octanol–water partition coefficient (Wildman–Crippen LogP) is 3.16. The van der Waals surface area contributed by atoms with Crippen LogP contribution in [0.2, 0.25) is 0 Å². The number of carboxylic acid groups (broad SMARTS) is 1.